The van der Waals surface area contributed by atoms with E-state index in [2.05, 4.69) is 15.4 Å². The number of carbonyl (C=O) groups excluding carboxylic acids is 2. The van der Waals surface area contributed by atoms with Crippen molar-refractivity contribution in [1.82, 2.24) is 10.6 Å². The monoisotopic (exact) mass is 294 g/mol. The molecule has 0 spiro atoms. The lowest BCUT2D eigenvalue weighted by Gasteiger charge is -2.12. The van der Waals surface area contributed by atoms with Gasteiger partial charge >= 0.3 is 5.97 Å². The van der Waals surface area contributed by atoms with Crippen molar-refractivity contribution in [2.45, 2.75) is 13.5 Å². The van der Waals surface area contributed by atoms with Gasteiger partial charge in [-0.05, 0) is 24.7 Å². The standard InChI is InChI=1S/C15H22N2O4/c1-11(8-16-2)15(19)17-9-12-5-4-6-13(7-12)21-10-14(18)20-3/h4-7,11,16H,8-10H2,1-3H3,(H,17,19). The zero-order valence-electron chi connectivity index (χ0n) is 12.6. The Balaban J connectivity index is 2.49. The van der Waals surface area contributed by atoms with Gasteiger partial charge in [0.25, 0.3) is 0 Å². The first kappa shape index (κ1) is 17.0. The normalized spacial score (nSPS) is 11.6. The number of methoxy groups -OCH3 is 1. The van der Waals surface area contributed by atoms with Crippen LogP contribution in [0.1, 0.15) is 12.5 Å². The lowest BCUT2D eigenvalue weighted by atomic mass is 10.1. The van der Waals surface area contributed by atoms with E-state index in [0.717, 1.165) is 5.56 Å². The summed E-state index contributed by atoms with van der Waals surface area (Å²) in [7, 11) is 3.12. The lowest BCUT2D eigenvalue weighted by molar-refractivity contribution is -0.142. The number of esters is 1. The molecule has 0 aromatic heterocycles. The average Bonchev–Trinajstić information content (AvgIpc) is 2.50. The predicted octanol–water partition coefficient (Wildman–Crippen LogP) is 0.710. The number of ether oxygens (including phenoxy) is 2. The maximum atomic E-state index is 11.8. The lowest BCUT2D eigenvalue weighted by Crippen LogP contribution is -2.33. The van der Waals surface area contributed by atoms with E-state index < -0.39 is 5.97 Å². The Morgan fingerprint density at radius 1 is 1.33 bits per heavy atom. The maximum absolute atomic E-state index is 11.8. The Morgan fingerprint density at radius 2 is 2.10 bits per heavy atom. The Kier molecular flexibility index (Phi) is 7.25. The van der Waals surface area contributed by atoms with Crippen LogP contribution in [0.4, 0.5) is 0 Å². The van der Waals surface area contributed by atoms with Crippen molar-refractivity contribution in [3.05, 3.63) is 29.8 Å². The first-order valence-corrected chi connectivity index (χ1v) is 6.77. The van der Waals surface area contributed by atoms with Gasteiger partial charge in [0.15, 0.2) is 6.61 Å². The van der Waals surface area contributed by atoms with Crippen LogP contribution in [0, 0.1) is 5.92 Å². The molecule has 0 aliphatic carbocycles. The van der Waals surface area contributed by atoms with E-state index in [-0.39, 0.29) is 18.4 Å². The van der Waals surface area contributed by atoms with Gasteiger partial charge in [-0.2, -0.15) is 0 Å². The SMILES string of the molecule is CNCC(C)C(=O)NCc1cccc(OCC(=O)OC)c1. The Bertz CT molecular complexity index is 476. The van der Waals surface area contributed by atoms with Crippen LogP contribution in [0.15, 0.2) is 24.3 Å². The summed E-state index contributed by atoms with van der Waals surface area (Å²) in [4.78, 5) is 22.8. The van der Waals surface area contributed by atoms with Crippen molar-refractivity contribution in [3.8, 4) is 5.75 Å². The number of amides is 1. The largest absolute Gasteiger partial charge is 0.482 e. The van der Waals surface area contributed by atoms with Gasteiger partial charge in [-0.1, -0.05) is 19.1 Å². The molecular formula is C15H22N2O4. The first-order chi connectivity index (χ1) is 10.1. The minimum Gasteiger partial charge on any atom is -0.482 e. The minimum atomic E-state index is -0.436. The molecule has 1 aromatic rings. The zero-order valence-corrected chi connectivity index (χ0v) is 12.6. The Morgan fingerprint density at radius 3 is 2.76 bits per heavy atom. The van der Waals surface area contributed by atoms with Crippen molar-refractivity contribution >= 4 is 11.9 Å². The van der Waals surface area contributed by atoms with Crippen LogP contribution in [-0.2, 0) is 20.9 Å². The van der Waals surface area contributed by atoms with Crippen molar-refractivity contribution < 1.29 is 19.1 Å². The molecule has 1 amide bonds. The predicted molar refractivity (Wildman–Crippen MR) is 78.9 cm³/mol. The Hall–Kier alpha value is -2.08. The molecule has 0 radical (unpaired) electrons. The van der Waals surface area contributed by atoms with Crippen molar-refractivity contribution in [2.75, 3.05) is 27.3 Å². The van der Waals surface area contributed by atoms with Crippen LogP contribution in [0.5, 0.6) is 5.75 Å². The molecular weight excluding hydrogens is 272 g/mol. The summed E-state index contributed by atoms with van der Waals surface area (Å²) in [5.41, 5.74) is 0.905. The molecule has 0 aliphatic heterocycles. The fraction of sp³-hybridized carbons (Fsp3) is 0.467. The number of hydrogen-bond acceptors (Lipinski definition) is 5. The van der Waals surface area contributed by atoms with E-state index in [4.69, 9.17) is 4.74 Å². The highest BCUT2D eigenvalue weighted by Crippen LogP contribution is 2.13. The van der Waals surface area contributed by atoms with Crippen LogP contribution >= 0.6 is 0 Å². The molecule has 6 heteroatoms. The van der Waals surface area contributed by atoms with E-state index in [9.17, 15) is 9.59 Å². The molecule has 2 N–H and O–H groups in total. The maximum Gasteiger partial charge on any atom is 0.343 e. The summed E-state index contributed by atoms with van der Waals surface area (Å²) in [5, 5.41) is 5.82. The molecule has 1 unspecified atom stereocenters. The van der Waals surface area contributed by atoms with Gasteiger partial charge in [0.2, 0.25) is 5.91 Å². The van der Waals surface area contributed by atoms with Crippen LogP contribution in [0.25, 0.3) is 0 Å². The molecule has 21 heavy (non-hydrogen) atoms. The summed E-state index contributed by atoms with van der Waals surface area (Å²) < 4.78 is 9.80. The molecule has 1 aromatic carbocycles. The molecule has 0 fully saturated rings. The number of benzene rings is 1. The molecule has 116 valence electrons. The van der Waals surface area contributed by atoms with Crippen LogP contribution in [-0.4, -0.2) is 39.2 Å². The third kappa shape index (κ3) is 6.27. The molecule has 1 rings (SSSR count). The quantitative estimate of drug-likeness (QED) is 0.691. The second-order valence-corrected chi connectivity index (χ2v) is 4.69. The van der Waals surface area contributed by atoms with Gasteiger partial charge in [-0.15, -0.1) is 0 Å². The number of hydrogen-bond donors (Lipinski definition) is 2. The van der Waals surface area contributed by atoms with Gasteiger partial charge in [0.05, 0.1) is 7.11 Å². The molecule has 1 atom stereocenters. The molecule has 0 saturated heterocycles. The topological polar surface area (TPSA) is 76.7 Å². The third-order valence-electron chi connectivity index (χ3n) is 2.91. The summed E-state index contributed by atoms with van der Waals surface area (Å²) in [5.74, 6) is 0.0315. The van der Waals surface area contributed by atoms with E-state index in [1.165, 1.54) is 7.11 Å². The fourth-order valence-corrected chi connectivity index (χ4v) is 1.71. The van der Waals surface area contributed by atoms with E-state index in [0.29, 0.717) is 18.8 Å². The minimum absolute atomic E-state index is 0.00904. The first-order valence-electron chi connectivity index (χ1n) is 6.77. The van der Waals surface area contributed by atoms with Crippen LogP contribution in [0.2, 0.25) is 0 Å². The van der Waals surface area contributed by atoms with E-state index in [1.54, 1.807) is 12.1 Å². The van der Waals surface area contributed by atoms with Crippen molar-refractivity contribution in [2.24, 2.45) is 5.92 Å². The second-order valence-electron chi connectivity index (χ2n) is 4.69. The summed E-state index contributed by atoms with van der Waals surface area (Å²) >= 11 is 0. The molecule has 0 saturated carbocycles. The van der Waals surface area contributed by atoms with E-state index >= 15 is 0 Å². The number of carbonyl (C=O) groups is 2. The van der Waals surface area contributed by atoms with Crippen LogP contribution in [0.3, 0.4) is 0 Å². The second kappa shape index (κ2) is 8.97. The van der Waals surface area contributed by atoms with Crippen LogP contribution < -0.4 is 15.4 Å². The van der Waals surface area contributed by atoms with Gasteiger partial charge in [-0.3, -0.25) is 4.79 Å². The molecule has 0 bridgehead atoms. The summed E-state index contributed by atoms with van der Waals surface area (Å²) in [6.07, 6.45) is 0. The molecule has 0 aliphatic rings. The highest BCUT2D eigenvalue weighted by Gasteiger charge is 2.11. The number of rotatable bonds is 8. The van der Waals surface area contributed by atoms with Crippen molar-refractivity contribution in [1.29, 1.82) is 0 Å². The smallest absolute Gasteiger partial charge is 0.343 e. The molecule has 0 heterocycles. The zero-order chi connectivity index (χ0) is 15.7. The fourth-order valence-electron chi connectivity index (χ4n) is 1.71. The highest BCUT2D eigenvalue weighted by molar-refractivity contribution is 5.78. The number of nitrogens with one attached hydrogen (secondary N) is 2. The summed E-state index contributed by atoms with van der Waals surface area (Å²) in [6.45, 7) is 2.78. The van der Waals surface area contributed by atoms with E-state index in [1.807, 2.05) is 26.1 Å². The van der Waals surface area contributed by atoms with Gasteiger partial charge in [0, 0.05) is 19.0 Å². The third-order valence-corrected chi connectivity index (χ3v) is 2.91. The summed E-state index contributed by atoms with van der Waals surface area (Å²) in [6, 6.07) is 7.23. The molecule has 6 nitrogen and oxygen atoms in total. The van der Waals surface area contributed by atoms with Gasteiger partial charge < -0.3 is 20.1 Å². The highest BCUT2D eigenvalue weighted by atomic mass is 16.6. The van der Waals surface area contributed by atoms with Crippen molar-refractivity contribution in [3.63, 3.8) is 0 Å². The van der Waals surface area contributed by atoms with Gasteiger partial charge in [-0.25, -0.2) is 4.79 Å². The van der Waals surface area contributed by atoms with Gasteiger partial charge in [0.1, 0.15) is 5.75 Å². The Labute approximate surface area is 124 Å². The average molecular weight is 294 g/mol.